The maximum atomic E-state index is 12.4. The van der Waals surface area contributed by atoms with Crippen molar-refractivity contribution < 1.29 is 15.0 Å². The fourth-order valence-electron chi connectivity index (χ4n) is 2.36. The molecule has 0 saturated carbocycles. The third-order valence-electron chi connectivity index (χ3n) is 3.41. The van der Waals surface area contributed by atoms with Crippen LogP contribution in [0.3, 0.4) is 0 Å². The summed E-state index contributed by atoms with van der Waals surface area (Å²) >= 11 is 0. The molecule has 1 heterocycles. The summed E-state index contributed by atoms with van der Waals surface area (Å²) in [6.07, 6.45) is 7.01. The highest BCUT2D eigenvalue weighted by Crippen LogP contribution is 2.30. The molecule has 1 aliphatic rings. The second-order valence-electron chi connectivity index (χ2n) is 4.77. The number of carbonyl (C=O) groups excluding carboxylic acids is 1. The molecule has 0 saturated heterocycles. The molecule has 2 rings (SSSR count). The van der Waals surface area contributed by atoms with Crippen molar-refractivity contribution in [1.29, 1.82) is 0 Å². The zero-order chi connectivity index (χ0) is 13.8. The molecule has 1 atom stereocenters. The molecule has 2 N–H and O–H groups in total. The van der Waals surface area contributed by atoms with Crippen LogP contribution in [0.4, 0.5) is 0 Å². The van der Waals surface area contributed by atoms with Crippen LogP contribution in [0, 0.1) is 0 Å². The highest BCUT2D eigenvalue weighted by Gasteiger charge is 2.28. The molecule has 102 valence electrons. The van der Waals surface area contributed by atoms with Crippen molar-refractivity contribution in [3.05, 3.63) is 35.9 Å². The van der Waals surface area contributed by atoms with Crippen LogP contribution in [0.25, 0.3) is 0 Å². The van der Waals surface area contributed by atoms with Crippen LogP contribution in [-0.4, -0.2) is 33.6 Å². The number of unbranched alkanes of at least 4 members (excludes halogenated alkanes) is 1. The number of phenols is 2. The van der Waals surface area contributed by atoms with E-state index < -0.39 is 0 Å². The lowest BCUT2D eigenvalue weighted by atomic mass is 10.1. The van der Waals surface area contributed by atoms with Gasteiger partial charge in [0.2, 0.25) is 0 Å². The predicted molar refractivity (Wildman–Crippen MR) is 73.3 cm³/mol. The molecular formula is C15H19NO3. The lowest BCUT2D eigenvalue weighted by Crippen LogP contribution is -2.36. The van der Waals surface area contributed by atoms with Gasteiger partial charge in [-0.05, 0) is 18.6 Å². The molecule has 19 heavy (non-hydrogen) atoms. The third-order valence-corrected chi connectivity index (χ3v) is 3.41. The average Bonchev–Trinajstić information content (AvgIpc) is 2.84. The fraction of sp³-hybridized carbons (Fsp3) is 0.400. The van der Waals surface area contributed by atoms with Gasteiger partial charge in [-0.3, -0.25) is 4.79 Å². The van der Waals surface area contributed by atoms with Gasteiger partial charge in [0.15, 0.2) is 0 Å². The smallest absolute Gasteiger partial charge is 0.262 e. The van der Waals surface area contributed by atoms with Crippen LogP contribution in [-0.2, 0) is 0 Å². The van der Waals surface area contributed by atoms with E-state index >= 15 is 0 Å². The summed E-state index contributed by atoms with van der Waals surface area (Å²) in [5, 5.41) is 19.5. The summed E-state index contributed by atoms with van der Waals surface area (Å²) in [4.78, 5) is 14.1. The standard InChI is InChI=1S/C15H19NO3/c1-2-3-6-11-7-5-10-16(11)15(19)14-12(17)8-4-9-13(14)18/h4-5,7-9,11,17-18H,2-3,6,10H2,1H3/t11-/m1/s1. The second kappa shape index (κ2) is 5.78. The van der Waals surface area contributed by atoms with Gasteiger partial charge in [-0.25, -0.2) is 0 Å². The summed E-state index contributed by atoms with van der Waals surface area (Å²) in [5.41, 5.74) is -0.00676. The summed E-state index contributed by atoms with van der Waals surface area (Å²) in [7, 11) is 0. The van der Waals surface area contributed by atoms with E-state index in [0.29, 0.717) is 6.54 Å². The largest absolute Gasteiger partial charge is 0.507 e. The maximum Gasteiger partial charge on any atom is 0.262 e. The van der Waals surface area contributed by atoms with Crippen molar-refractivity contribution in [3.63, 3.8) is 0 Å². The number of phenolic OH excluding ortho intramolecular Hbond substituents is 2. The van der Waals surface area contributed by atoms with Gasteiger partial charge in [0, 0.05) is 6.54 Å². The normalized spacial score (nSPS) is 17.9. The van der Waals surface area contributed by atoms with Gasteiger partial charge in [-0.15, -0.1) is 0 Å². The minimum atomic E-state index is -0.318. The molecular weight excluding hydrogens is 242 g/mol. The van der Waals surface area contributed by atoms with Crippen LogP contribution >= 0.6 is 0 Å². The van der Waals surface area contributed by atoms with E-state index in [1.807, 2.05) is 12.2 Å². The summed E-state index contributed by atoms with van der Waals surface area (Å²) in [5.74, 6) is -0.668. The Labute approximate surface area is 113 Å². The number of hydrogen-bond acceptors (Lipinski definition) is 3. The molecule has 0 unspecified atom stereocenters. The zero-order valence-corrected chi connectivity index (χ0v) is 11.0. The quantitative estimate of drug-likeness (QED) is 0.819. The number of amides is 1. The first-order valence-electron chi connectivity index (χ1n) is 6.63. The summed E-state index contributed by atoms with van der Waals surface area (Å²) < 4.78 is 0. The Morgan fingerprint density at radius 1 is 1.37 bits per heavy atom. The second-order valence-corrected chi connectivity index (χ2v) is 4.77. The van der Waals surface area contributed by atoms with Gasteiger partial charge < -0.3 is 15.1 Å². The fourth-order valence-corrected chi connectivity index (χ4v) is 2.36. The first kappa shape index (κ1) is 13.5. The molecule has 0 aliphatic carbocycles. The minimum absolute atomic E-state index is 0.00676. The van der Waals surface area contributed by atoms with Crippen molar-refractivity contribution in [1.82, 2.24) is 4.90 Å². The summed E-state index contributed by atoms with van der Waals surface area (Å²) in [6, 6.07) is 4.40. The topological polar surface area (TPSA) is 60.8 Å². The Balaban J connectivity index is 2.20. The van der Waals surface area contributed by atoms with Crippen molar-refractivity contribution in [2.45, 2.75) is 32.2 Å². The lowest BCUT2D eigenvalue weighted by Gasteiger charge is -2.25. The van der Waals surface area contributed by atoms with Crippen LogP contribution in [0.15, 0.2) is 30.4 Å². The Kier molecular flexibility index (Phi) is 4.10. The average molecular weight is 261 g/mol. The van der Waals surface area contributed by atoms with E-state index in [4.69, 9.17) is 0 Å². The molecule has 0 bridgehead atoms. The number of rotatable bonds is 4. The van der Waals surface area contributed by atoms with Crippen molar-refractivity contribution >= 4 is 5.91 Å². The Morgan fingerprint density at radius 2 is 2.05 bits per heavy atom. The molecule has 0 spiro atoms. The van der Waals surface area contributed by atoms with E-state index in [9.17, 15) is 15.0 Å². The predicted octanol–water partition coefficient (Wildman–Crippen LogP) is 2.67. The number of hydrogen-bond donors (Lipinski definition) is 2. The van der Waals surface area contributed by atoms with E-state index in [0.717, 1.165) is 19.3 Å². The number of carbonyl (C=O) groups is 1. The lowest BCUT2D eigenvalue weighted by molar-refractivity contribution is 0.0737. The van der Waals surface area contributed by atoms with Crippen LogP contribution in [0.5, 0.6) is 11.5 Å². The monoisotopic (exact) mass is 261 g/mol. The highest BCUT2D eigenvalue weighted by molar-refractivity contribution is 6.00. The van der Waals surface area contributed by atoms with E-state index in [-0.39, 0.29) is 29.0 Å². The van der Waals surface area contributed by atoms with E-state index in [2.05, 4.69) is 6.92 Å². The van der Waals surface area contributed by atoms with Crippen LogP contribution < -0.4 is 0 Å². The molecule has 1 amide bonds. The number of nitrogens with zero attached hydrogens (tertiary/aromatic N) is 1. The number of aromatic hydroxyl groups is 2. The van der Waals surface area contributed by atoms with Gasteiger partial charge in [0.25, 0.3) is 5.91 Å². The Morgan fingerprint density at radius 3 is 2.68 bits per heavy atom. The Hall–Kier alpha value is -1.97. The molecule has 1 aromatic rings. The molecule has 1 aromatic carbocycles. The van der Waals surface area contributed by atoms with Gasteiger partial charge >= 0.3 is 0 Å². The van der Waals surface area contributed by atoms with Crippen molar-refractivity contribution in [3.8, 4) is 11.5 Å². The highest BCUT2D eigenvalue weighted by atomic mass is 16.3. The molecule has 4 heteroatoms. The van der Waals surface area contributed by atoms with Gasteiger partial charge in [-0.2, -0.15) is 0 Å². The van der Waals surface area contributed by atoms with Crippen molar-refractivity contribution in [2.24, 2.45) is 0 Å². The first-order chi connectivity index (χ1) is 9.15. The Bertz CT molecular complexity index is 476. The van der Waals surface area contributed by atoms with Crippen LogP contribution in [0.2, 0.25) is 0 Å². The van der Waals surface area contributed by atoms with Gasteiger partial charge in [-0.1, -0.05) is 38.0 Å². The SMILES string of the molecule is CCCC[C@@H]1C=CCN1C(=O)c1c(O)cccc1O. The van der Waals surface area contributed by atoms with E-state index in [1.54, 1.807) is 4.90 Å². The summed E-state index contributed by atoms with van der Waals surface area (Å²) in [6.45, 7) is 2.64. The van der Waals surface area contributed by atoms with Crippen molar-refractivity contribution in [2.75, 3.05) is 6.54 Å². The van der Waals surface area contributed by atoms with Crippen LogP contribution in [0.1, 0.15) is 36.5 Å². The number of benzene rings is 1. The molecule has 0 fully saturated rings. The first-order valence-corrected chi connectivity index (χ1v) is 6.63. The molecule has 0 aromatic heterocycles. The minimum Gasteiger partial charge on any atom is -0.507 e. The molecule has 0 radical (unpaired) electrons. The molecule has 4 nitrogen and oxygen atoms in total. The maximum absolute atomic E-state index is 12.4. The third kappa shape index (κ3) is 2.72. The zero-order valence-electron chi connectivity index (χ0n) is 11.0. The van der Waals surface area contributed by atoms with E-state index in [1.165, 1.54) is 18.2 Å². The van der Waals surface area contributed by atoms with Gasteiger partial charge in [0.05, 0.1) is 6.04 Å². The molecule has 1 aliphatic heterocycles. The van der Waals surface area contributed by atoms with Gasteiger partial charge in [0.1, 0.15) is 17.1 Å².